The number of carbonyl (C=O) groups is 2. The Balaban J connectivity index is 1.65. The molecule has 2 aromatic rings. The molecule has 1 heterocycles. The quantitative estimate of drug-likeness (QED) is 0.860. The maximum Gasteiger partial charge on any atom is 0.321 e. The number of para-hydroxylation sites is 1. The summed E-state index contributed by atoms with van der Waals surface area (Å²) in [5.41, 5.74) is 0.790. The van der Waals surface area contributed by atoms with Crippen LogP contribution in [0.2, 0.25) is 0 Å². The number of urea groups is 1. The third-order valence-electron chi connectivity index (χ3n) is 4.45. The monoisotopic (exact) mass is 365 g/mol. The van der Waals surface area contributed by atoms with Crippen LogP contribution in [0.1, 0.15) is 18.4 Å². The maximum atomic E-state index is 12.4. The van der Waals surface area contributed by atoms with Crippen molar-refractivity contribution in [1.29, 1.82) is 5.26 Å². The van der Waals surface area contributed by atoms with Crippen LogP contribution in [0.3, 0.4) is 0 Å². The average Bonchev–Trinajstić information content (AvgIpc) is 2.70. The van der Waals surface area contributed by atoms with Crippen molar-refractivity contribution in [3.63, 3.8) is 0 Å². The van der Waals surface area contributed by atoms with Gasteiger partial charge in [0, 0.05) is 18.8 Å². The molecule has 1 fully saturated rings. The van der Waals surface area contributed by atoms with Crippen LogP contribution < -0.4 is 10.1 Å². The number of nitrogens with one attached hydrogen (secondary N) is 1. The number of hydrogen-bond acceptors (Lipinski definition) is 4. The summed E-state index contributed by atoms with van der Waals surface area (Å²) in [7, 11) is 0. The third-order valence-corrected chi connectivity index (χ3v) is 4.45. The summed E-state index contributed by atoms with van der Waals surface area (Å²) in [6.45, 7) is 0.784. The first-order chi connectivity index (χ1) is 13.1. The Kier molecular flexibility index (Phi) is 5.57. The second-order valence-electron chi connectivity index (χ2n) is 6.27. The Hall–Kier alpha value is -3.53. The molecule has 1 aliphatic rings. The number of carboxylic acid groups (broad SMARTS) is 1. The third kappa shape index (κ3) is 4.55. The molecule has 7 nitrogen and oxygen atoms in total. The van der Waals surface area contributed by atoms with Gasteiger partial charge in [0.2, 0.25) is 0 Å². The number of piperidine rings is 1. The molecule has 138 valence electrons. The summed E-state index contributed by atoms with van der Waals surface area (Å²) >= 11 is 0. The number of carboxylic acids is 1. The van der Waals surface area contributed by atoms with E-state index in [9.17, 15) is 14.9 Å². The Bertz CT molecular complexity index is 869. The van der Waals surface area contributed by atoms with Gasteiger partial charge in [0.25, 0.3) is 0 Å². The topological polar surface area (TPSA) is 103 Å². The molecular formula is C20H19N3O4. The second-order valence-corrected chi connectivity index (χ2v) is 6.27. The number of carbonyl (C=O) groups excluding carboxylic acids is 1. The van der Waals surface area contributed by atoms with Crippen LogP contribution in [0.25, 0.3) is 0 Å². The zero-order chi connectivity index (χ0) is 19.2. The van der Waals surface area contributed by atoms with E-state index in [-0.39, 0.29) is 6.03 Å². The fourth-order valence-electron chi connectivity index (χ4n) is 2.93. The summed E-state index contributed by atoms with van der Waals surface area (Å²) in [4.78, 5) is 24.9. The molecule has 27 heavy (non-hydrogen) atoms. The van der Waals surface area contributed by atoms with Gasteiger partial charge in [-0.2, -0.15) is 5.26 Å². The number of benzene rings is 2. The Morgan fingerprint density at radius 2 is 1.85 bits per heavy atom. The molecule has 0 saturated carbocycles. The van der Waals surface area contributed by atoms with Gasteiger partial charge in [-0.05, 0) is 43.2 Å². The van der Waals surface area contributed by atoms with Crippen molar-refractivity contribution in [3.05, 3.63) is 54.1 Å². The standard InChI is InChI=1S/C20H19N3O4/c21-13-15-12-16(6-7-18(15)27-17-4-2-1-3-5-17)22-20(26)23-10-8-14(9-11-23)19(24)25/h1-7,12,14H,8-11H2,(H,22,26)(H,24,25). The lowest BCUT2D eigenvalue weighted by atomic mass is 9.97. The number of ether oxygens (including phenoxy) is 1. The van der Waals surface area contributed by atoms with E-state index in [2.05, 4.69) is 11.4 Å². The molecule has 0 radical (unpaired) electrons. The van der Waals surface area contributed by atoms with Crippen LogP contribution in [-0.2, 0) is 4.79 Å². The average molecular weight is 365 g/mol. The minimum absolute atomic E-state index is 0.306. The molecule has 0 unspecified atom stereocenters. The molecule has 0 atom stereocenters. The van der Waals surface area contributed by atoms with E-state index < -0.39 is 11.9 Å². The van der Waals surface area contributed by atoms with Crippen molar-refractivity contribution < 1.29 is 19.4 Å². The lowest BCUT2D eigenvalue weighted by Crippen LogP contribution is -2.42. The number of nitriles is 1. The van der Waals surface area contributed by atoms with Crippen molar-refractivity contribution in [3.8, 4) is 17.6 Å². The van der Waals surface area contributed by atoms with E-state index in [0.29, 0.717) is 48.7 Å². The van der Waals surface area contributed by atoms with Crippen LogP contribution in [0.5, 0.6) is 11.5 Å². The lowest BCUT2D eigenvalue weighted by molar-refractivity contribution is -0.143. The van der Waals surface area contributed by atoms with Crippen LogP contribution in [-0.4, -0.2) is 35.1 Å². The SMILES string of the molecule is N#Cc1cc(NC(=O)N2CCC(C(=O)O)CC2)ccc1Oc1ccccc1. The first-order valence-corrected chi connectivity index (χ1v) is 8.62. The molecule has 7 heteroatoms. The van der Waals surface area contributed by atoms with Crippen LogP contribution >= 0.6 is 0 Å². The first-order valence-electron chi connectivity index (χ1n) is 8.62. The molecule has 0 aromatic heterocycles. The van der Waals surface area contributed by atoms with Crippen molar-refractivity contribution in [2.24, 2.45) is 5.92 Å². The van der Waals surface area contributed by atoms with Crippen molar-refractivity contribution in [1.82, 2.24) is 4.90 Å². The van der Waals surface area contributed by atoms with E-state index in [1.807, 2.05) is 18.2 Å². The molecule has 3 rings (SSSR count). The van der Waals surface area contributed by atoms with Gasteiger partial charge in [-0.25, -0.2) is 4.79 Å². The highest BCUT2D eigenvalue weighted by Gasteiger charge is 2.27. The van der Waals surface area contributed by atoms with Gasteiger partial charge < -0.3 is 20.1 Å². The molecule has 1 saturated heterocycles. The molecule has 2 amide bonds. The number of hydrogen-bond donors (Lipinski definition) is 2. The summed E-state index contributed by atoms with van der Waals surface area (Å²) < 4.78 is 5.71. The van der Waals surface area contributed by atoms with Crippen LogP contribution in [0, 0.1) is 17.2 Å². The van der Waals surface area contributed by atoms with Gasteiger partial charge in [0.15, 0.2) is 0 Å². The first kappa shape index (κ1) is 18.3. The van der Waals surface area contributed by atoms with Gasteiger partial charge in [-0.1, -0.05) is 18.2 Å². The zero-order valence-electron chi connectivity index (χ0n) is 14.6. The summed E-state index contributed by atoms with van der Waals surface area (Å²) in [6, 6.07) is 15.7. The highest BCUT2D eigenvalue weighted by atomic mass is 16.5. The van der Waals surface area contributed by atoms with E-state index in [1.165, 1.54) is 0 Å². The molecule has 2 aromatic carbocycles. The van der Waals surface area contributed by atoms with E-state index in [1.54, 1.807) is 35.2 Å². The number of rotatable bonds is 4. The van der Waals surface area contributed by atoms with E-state index in [4.69, 9.17) is 9.84 Å². The smallest absolute Gasteiger partial charge is 0.321 e. The Morgan fingerprint density at radius 3 is 2.48 bits per heavy atom. The van der Waals surface area contributed by atoms with E-state index >= 15 is 0 Å². The number of anilines is 1. The molecule has 0 bridgehead atoms. The highest BCUT2D eigenvalue weighted by molar-refractivity contribution is 5.90. The fraction of sp³-hybridized carbons (Fsp3) is 0.250. The maximum absolute atomic E-state index is 12.4. The molecule has 2 N–H and O–H groups in total. The summed E-state index contributed by atoms with van der Waals surface area (Å²) in [5.74, 6) is -0.188. The summed E-state index contributed by atoms with van der Waals surface area (Å²) in [5, 5.41) is 21.2. The van der Waals surface area contributed by atoms with Crippen molar-refractivity contribution in [2.75, 3.05) is 18.4 Å². The van der Waals surface area contributed by atoms with Gasteiger partial charge >= 0.3 is 12.0 Å². The number of likely N-dealkylation sites (tertiary alicyclic amines) is 1. The van der Waals surface area contributed by atoms with Gasteiger partial charge in [-0.15, -0.1) is 0 Å². The minimum atomic E-state index is -0.817. The minimum Gasteiger partial charge on any atom is -0.481 e. The largest absolute Gasteiger partial charge is 0.481 e. The van der Waals surface area contributed by atoms with Gasteiger partial charge in [0.05, 0.1) is 11.5 Å². The van der Waals surface area contributed by atoms with Crippen LogP contribution in [0.15, 0.2) is 48.5 Å². The summed E-state index contributed by atoms with van der Waals surface area (Å²) in [6.07, 6.45) is 0.881. The molecular weight excluding hydrogens is 346 g/mol. The van der Waals surface area contributed by atoms with Crippen molar-refractivity contribution in [2.45, 2.75) is 12.8 Å². The normalized spacial score (nSPS) is 14.3. The van der Waals surface area contributed by atoms with E-state index in [0.717, 1.165) is 0 Å². The number of nitrogens with zero attached hydrogens (tertiary/aromatic N) is 2. The highest BCUT2D eigenvalue weighted by Crippen LogP contribution is 2.27. The predicted molar refractivity (Wildman–Crippen MR) is 98.6 cm³/mol. The molecule has 0 aliphatic carbocycles. The Labute approximate surface area is 156 Å². The second kappa shape index (κ2) is 8.23. The van der Waals surface area contributed by atoms with Gasteiger partial charge in [0.1, 0.15) is 17.6 Å². The molecule has 0 spiro atoms. The molecule has 1 aliphatic heterocycles. The van der Waals surface area contributed by atoms with Crippen LogP contribution in [0.4, 0.5) is 10.5 Å². The van der Waals surface area contributed by atoms with Gasteiger partial charge in [-0.3, -0.25) is 4.79 Å². The Morgan fingerprint density at radius 1 is 1.15 bits per heavy atom. The fourth-order valence-corrected chi connectivity index (χ4v) is 2.93. The number of aliphatic carboxylic acids is 1. The predicted octanol–water partition coefficient (Wildman–Crippen LogP) is 3.68. The van der Waals surface area contributed by atoms with Crippen molar-refractivity contribution >= 4 is 17.7 Å². The number of amides is 2. The lowest BCUT2D eigenvalue weighted by Gasteiger charge is -2.30. The zero-order valence-corrected chi connectivity index (χ0v) is 14.6.